The number of hydrogen-bond acceptors (Lipinski definition) is 5. The summed E-state index contributed by atoms with van der Waals surface area (Å²) in [7, 11) is 1.94. The molecule has 2 aliphatic heterocycles. The van der Waals surface area contributed by atoms with Crippen LogP contribution in [0, 0.1) is 18.3 Å². The van der Waals surface area contributed by atoms with Crippen LogP contribution >= 0.6 is 0 Å². The van der Waals surface area contributed by atoms with E-state index < -0.39 is 11.4 Å². The Labute approximate surface area is 128 Å². The SMILES string of the molecule is Cc1cc(C(=O)N2CCC[C@]3(C(=O)O)CN(C)C[C@@H]3C2)no1. The van der Waals surface area contributed by atoms with Gasteiger partial charge in [0.2, 0.25) is 0 Å². The van der Waals surface area contributed by atoms with E-state index in [9.17, 15) is 14.7 Å². The molecule has 0 saturated carbocycles. The maximum atomic E-state index is 12.6. The lowest BCUT2D eigenvalue weighted by Gasteiger charge is -2.29. The monoisotopic (exact) mass is 307 g/mol. The second kappa shape index (κ2) is 5.39. The van der Waals surface area contributed by atoms with Crippen LogP contribution in [0.5, 0.6) is 0 Å². The Bertz CT molecular complexity index is 599. The maximum absolute atomic E-state index is 12.6. The quantitative estimate of drug-likeness (QED) is 0.871. The van der Waals surface area contributed by atoms with E-state index in [0.29, 0.717) is 50.5 Å². The van der Waals surface area contributed by atoms with Gasteiger partial charge >= 0.3 is 5.97 Å². The van der Waals surface area contributed by atoms with E-state index in [1.807, 2.05) is 11.9 Å². The molecule has 2 aliphatic rings. The summed E-state index contributed by atoms with van der Waals surface area (Å²) in [5.41, 5.74) is -0.435. The number of nitrogens with zero attached hydrogens (tertiary/aromatic N) is 3. The molecule has 1 aromatic rings. The van der Waals surface area contributed by atoms with Crippen LogP contribution in [0.25, 0.3) is 0 Å². The van der Waals surface area contributed by atoms with Gasteiger partial charge in [-0.3, -0.25) is 9.59 Å². The minimum absolute atomic E-state index is 0.0468. The first-order chi connectivity index (χ1) is 10.4. The highest BCUT2D eigenvalue weighted by Crippen LogP contribution is 2.42. The molecule has 1 aromatic heterocycles. The van der Waals surface area contributed by atoms with Crippen LogP contribution in [0.3, 0.4) is 0 Å². The largest absolute Gasteiger partial charge is 0.481 e. The lowest BCUT2D eigenvalue weighted by atomic mass is 9.75. The standard InChI is InChI=1S/C15H21N3O4/c1-10-6-12(16-22-10)13(19)18-5-3-4-15(14(20)21)9-17(2)7-11(15)8-18/h6,11H,3-5,7-9H2,1-2H3,(H,20,21)/t11-,15+/m1/s1. The molecule has 1 N–H and O–H groups in total. The molecule has 120 valence electrons. The summed E-state index contributed by atoms with van der Waals surface area (Å²) >= 11 is 0. The van der Waals surface area contributed by atoms with Crippen molar-refractivity contribution in [2.45, 2.75) is 19.8 Å². The Morgan fingerprint density at radius 2 is 2.23 bits per heavy atom. The smallest absolute Gasteiger partial charge is 0.311 e. The fourth-order valence-electron chi connectivity index (χ4n) is 3.85. The number of fused-ring (bicyclic) bond motifs is 1. The van der Waals surface area contributed by atoms with Crippen molar-refractivity contribution in [1.29, 1.82) is 0 Å². The highest BCUT2D eigenvalue weighted by molar-refractivity contribution is 5.92. The van der Waals surface area contributed by atoms with Gasteiger partial charge in [-0.1, -0.05) is 5.16 Å². The summed E-state index contributed by atoms with van der Waals surface area (Å²) in [6.07, 6.45) is 1.30. The minimum Gasteiger partial charge on any atom is -0.481 e. The third kappa shape index (κ3) is 2.39. The first-order valence-corrected chi connectivity index (χ1v) is 7.57. The van der Waals surface area contributed by atoms with Crippen LogP contribution in [0.2, 0.25) is 0 Å². The molecule has 3 heterocycles. The van der Waals surface area contributed by atoms with Gasteiger partial charge in [0, 0.05) is 38.2 Å². The number of carbonyl (C=O) groups excluding carboxylic acids is 1. The molecule has 22 heavy (non-hydrogen) atoms. The fourth-order valence-corrected chi connectivity index (χ4v) is 3.85. The summed E-state index contributed by atoms with van der Waals surface area (Å²) < 4.78 is 4.97. The zero-order valence-electron chi connectivity index (χ0n) is 12.9. The Kier molecular flexibility index (Phi) is 3.68. The Morgan fingerprint density at radius 3 is 2.86 bits per heavy atom. The number of likely N-dealkylation sites (tertiary alicyclic amines) is 2. The Hall–Kier alpha value is -1.89. The van der Waals surface area contributed by atoms with Gasteiger partial charge in [0.1, 0.15) is 5.76 Å². The van der Waals surface area contributed by atoms with Crippen LogP contribution in [-0.4, -0.2) is 65.2 Å². The van der Waals surface area contributed by atoms with Crippen LogP contribution < -0.4 is 0 Å². The van der Waals surface area contributed by atoms with Gasteiger partial charge in [-0.05, 0) is 26.8 Å². The predicted molar refractivity (Wildman–Crippen MR) is 77.4 cm³/mol. The van der Waals surface area contributed by atoms with Gasteiger partial charge in [-0.25, -0.2) is 0 Å². The van der Waals surface area contributed by atoms with Crippen LogP contribution in [-0.2, 0) is 4.79 Å². The number of carboxylic acid groups (broad SMARTS) is 1. The molecule has 3 rings (SSSR count). The second-order valence-corrected chi connectivity index (χ2v) is 6.53. The first kappa shape index (κ1) is 15.0. The topological polar surface area (TPSA) is 86.9 Å². The van der Waals surface area contributed by atoms with Gasteiger partial charge in [0.15, 0.2) is 5.69 Å². The highest BCUT2D eigenvalue weighted by Gasteiger charge is 2.52. The van der Waals surface area contributed by atoms with Crippen molar-refractivity contribution < 1.29 is 19.2 Å². The summed E-state index contributed by atoms with van der Waals surface area (Å²) in [6.45, 7) is 4.03. The van der Waals surface area contributed by atoms with Crippen molar-refractivity contribution in [2.24, 2.45) is 11.3 Å². The van der Waals surface area contributed by atoms with Gasteiger partial charge < -0.3 is 19.4 Å². The summed E-state index contributed by atoms with van der Waals surface area (Å²) in [6, 6.07) is 1.62. The number of aryl methyl sites for hydroxylation is 1. The minimum atomic E-state index is -0.742. The molecule has 0 unspecified atom stereocenters. The van der Waals surface area contributed by atoms with Crippen molar-refractivity contribution in [3.05, 3.63) is 17.5 Å². The normalized spacial score (nSPS) is 29.2. The van der Waals surface area contributed by atoms with E-state index >= 15 is 0 Å². The van der Waals surface area contributed by atoms with Crippen molar-refractivity contribution in [3.8, 4) is 0 Å². The fraction of sp³-hybridized carbons (Fsp3) is 0.667. The molecule has 7 nitrogen and oxygen atoms in total. The summed E-state index contributed by atoms with van der Waals surface area (Å²) in [5, 5.41) is 13.5. The molecule has 0 aromatic carbocycles. The molecule has 2 saturated heterocycles. The van der Waals surface area contributed by atoms with E-state index in [1.54, 1.807) is 17.9 Å². The van der Waals surface area contributed by atoms with Gasteiger partial charge in [0.05, 0.1) is 5.41 Å². The number of aromatic nitrogens is 1. The molecule has 0 spiro atoms. The average molecular weight is 307 g/mol. The molecule has 0 aliphatic carbocycles. The van der Waals surface area contributed by atoms with Gasteiger partial charge in [-0.15, -0.1) is 0 Å². The van der Waals surface area contributed by atoms with Crippen molar-refractivity contribution in [2.75, 3.05) is 33.2 Å². The van der Waals surface area contributed by atoms with Crippen molar-refractivity contribution in [1.82, 2.24) is 15.0 Å². The summed E-state index contributed by atoms with van der Waals surface area (Å²) in [4.78, 5) is 28.2. The van der Waals surface area contributed by atoms with Crippen LogP contribution in [0.15, 0.2) is 10.6 Å². The molecular weight excluding hydrogens is 286 g/mol. The highest BCUT2D eigenvalue weighted by atomic mass is 16.5. The van der Waals surface area contributed by atoms with Crippen molar-refractivity contribution >= 4 is 11.9 Å². The molecule has 2 atom stereocenters. The van der Waals surface area contributed by atoms with Crippen molar-refractivity contribution in [3.63, 3.8) is 0 Å². The number of aliphatic carboxylic acids is 1. The van der Waals surface area contributed by atoms with Crippen LogP contribution in [0.1, 0.15) is 29.1 Å². The average Bonchev–Trinajstić information content (AvgIpc) is 2.97. The molecule has 7 heteroatoms. The molecular formula is C15H21N3O4. The molecule has 0 radical (unpaired) electrons. The van der Waals surface area contributed by atoms with Gasteiger partial charge in [-0.2, -0.15) is 0 Å². The van der Waals surface area contributed by atoms with E-state index in [1.165, 1.54) is 0 Å². The predicted octanol–water partition coefficient (Wildman–Crippen LogP) is 0.852. The summed E-state index contributed by atoms with van der Waals surface area (Å²) in [5.74, 6) is -0.367. The number of rotatable bonds is 2. The van der Waals surface area contributed by atoms with E-state index in [2.05, 4.69) is 5.16 Å². The third-order valence-electron chi connectivity index (χ3n) is 4.92. The Balaban J connectivity index is 1.83. The molecule has 1 amide bonds. The number of amides is 1. The lowest BCUT2D eigenvalue weighted by Crippen LogP contribution is -2.42. The lowest BCUT2D eigenvalue weighted by molar-refractivity contribution is -0.150. The van der Waals surface area contributed by atoms with Gasteiger partial charge in [0.25, 0.3) is 5.91 Å². The molecule has 0 bridgehead atoms. The van der Waals surface area contributed by atoms with E-state index in [0.717, 1.165) is 0 Å². The number of carbonyl (C=O) groups is 2. The number of carboxylic acids is 1. The first-order valence-electron chi connectivity index (χ1n) is 7.57. The molecule has 2 fully saturated rings. The second-order valence-electron chi connectivity index (χ2n) is 6.53. The zero-order chi connectivity index (χ0) is 15.9. The third-order valence-corrected chi connectivity index (χ3v) is 4.92. The Morgan fingerprint density at radius 1 is 1.45 bits per heavy atom. The number of hydrogen-bond donors (Lipinski definition) is 1. The van der Waals surface area contributed by atoms with Crippen LogP contribution in [0.4, 0.5) is 0 Å². The maximum Gasteiger partial charge on any atom is 0.311 e. The van der Waals surface area contributed by atoms with E-state index in [4.69, 9.17) is 4.52 Å². The zero-order valence-corrected chi connectivity index (χ0v) is 12.9. The van der Waals surface area contributed by atoms with E-state index in [-0.39, 0.29) is 11.8 Å².